The standard InChI is InChI=1S/C27H41NO5S/c1-16-9-8-10-17(2)25(31)19(4)26(32)27(6,7)23(29)14-24(30)33-22(12-11-16)18(3)13-21-15-34-20(5)28-21/h11,13,15,17,19,22-23,25,29,31H,8-10,12,14H2,1-7H3/b16-11?,18-13+/t17-,19-,22-,23-,25-/m0/s1. The van der Waals surface area contributed by atoms with Crippen molar-refractivity contribution in [3.8, 4) is 0 Å². The molecule has 2 heterocycles. The highest BCUT2D eigenvalue weighted by Gasteiger charge is 2.42. The highest BCUT2D eigenvalue weighted by molar-refractivity contribution is 7.09. The first-order valence-electron chi connectivity index (χ1n) is 12.2. The number of cyclic esters (lactones) is 1. The van der Waals surface area contributed by atoms with Crippen LogP contribution in [0.3, 0.4) is 0 Å². The topological polar surface area (TPSA) is 96.7 Å². The number of ketones is 1. The van der Waals surface area contributed by atoms with Gasteiger partial charge in [-0.15, -0.1) is 11.3 Å². The second kappa shape index (κ2) is 12.2. The van der Waals surface area contributed by atoms with E-state index < -0.39 is 35.6 Å². The number of nitrogens with zero attached hydrogens (tertiary/aromatic N) is 1. The number of hydrogen-bond donors (Lipinski definition) is 2. The summed E-state index contributed by atoms with van der Waals surface area (Å²) >= 11 is 1.56. The third-order valence-electron chi connectivity index (χ3n) is 7.04. The molecular weight excluding hydrogens is 450 g/mol. The molecule has 0 aliphatic carbocycles. The lowest BCUT2D eigenvalue weighted by Crippen LogP contribution is -2.45. The molecule has 1 aromatic rings. The fourth-order valence-corrected chi connectivity index (χ4v) is 4.97. The Hall–Kier alpha value is -1.83. The molecule has 6 nitrogen and oxygen atoms in total. The van der Waals surface area contributed by atoms with Gasteiger partial charge in [-0.2, -0.15) is 0 Å². The number of Topliss-reactive ketones (excluding diaryl/α,β-unsaturated/α-hetero) is 1. The Morgan fingerprint density at radius 2 is 1.91 bits per heavy atom. The molecular formula is C27H41NO5S. The van der Waals surface area contributed by atoms with Crippen LogP contribution in [-0.2, 0) is 14.3 Å². The average molecular weight is 492 g/mol. The zero-order valence-electron chi connectivity index (χ0n) is 21.6. The molecule has 2 rings (SSSR count). The Kier molecular flexibility index (Phi) is 10.2. The highest BCUT2D eigenvalue weighted by Crippen LogP contribution is 2.32. The number of allylic oxidation sites excluding steroid dienone is 1. The number of hydrogen-bond acceptors (Lipinski definition) is 7. The fraction of sp³-hybridized carbons (Fsp3) is 0.667. The van der Waals surface area contributed by atoms with Gasteiger partial charge in [0.25, 0.3) is 0 Å². The number of aliphatic hydroxyl groups is 2. The number of carbonyl (C=O) groups excluding carboxylic acids is 2. The number of rotatable bonds is 2. The first-order valence-corrected chi connectivity index (χ1v) is 13.1. The molecule has 0 saturated heterocycles. The van der Waals surface area contributed by atoms with Crippen LogP contribution < -0.4 is 0 Å². The first kappa shape index (κ1) is 28.4. The first-order chi connectivity index (χ1) is 15.8. The van der Waals surface area contributed by atoms with Crippen LogP contribution in [0.2, 0.25) is 0 Å². The van der Waals surface area contributed by atoms with Crippen LogP contribution in [0.15, 0.2) is 22.6 Å². The molecule has 0 unspecified atom stereocenters. The van der Waals surface area contributed by atoms with Gasteiger partial charge < -0.3 is 14.9 Å². The van der Waals surface area contributed by atoms with Gasteiger partial charge in [-0.1, -0.05) is 39.3 Å². The van der Waals surface area contributed by atoms with Crippen molar-refractivity contribution in [1.29, 1.82) is 0 Å². The molecule has 1 aliphatic heterocycles. The van der Waals surface area contributed by atoms with E-state index >= 15 is 0 Å². The summed E-state index contributed by atoms with van der Waals surface area (Å²) < 4.78 is 5.81. The van der Waals surface area contributed by atoms with E-state index in [0.29, 0.717) is 6.42 Å². The Labute approximate surface area is 208 Å². The van der Waals surface area contributed by atoms with Crippen molar-refractivity contribution < 1.29 is 24.5 Å². The molecule has 0 aromatic carbocycles. The van der Waals surface area contributed by atoms with Gasteiger partial charge in [0, 0.05) is 17.7 Å². The van der Waals surface area contributed by atoms with E-state index in [2.05, 4.69) is 18.0 Å². The van der Waals surface area contributed by atoms with Crippen molar-refractivity contribution in [2.75, 3.05) is 0 Å². The Morgan fingerprint density at radius 3 is 2.53 bits per heavy atom. The molecule has 0 saturated carbocycles. The SMILES string of the molecule is CC1=CC[C@@H](/C(C)=C/c2csc(C)n2)OC(=O)C[C@H](O)C(C)(C)C(=O)[C@@H](C)[C@@H](O)[C@@H](C)CCC1. The molecule has 7 heteroatoms. The Balaban J connectivity index is 2.33. The molecule has 0 spiro atoms. The van der Waals surface area contributed by atoms with Crippen molar-refractivity contribution in [2.45, 2.75) is 98.9 Å². The van der Waals surface area contributed by atoms with Gasteiger partial charge in [0.15, 0.2) is 0 Å². The third kappa shape index (κ3) is 7.59. The fourth-order valence-electron chi connectivity index (χ4n) is 4.40. The van der Waals surface area contributed by atoms with E-state index in [1.54, 1.807) is 32.1 Å². The van der Waals surface area contributed by atoms with Crippen LogP contribution in [0.25, 0.3) is 6.08 Å². The van der Waals surface area contributed by atoms with Crippen molar-refractivity contribution >= 4 is 29.2 Å². The maximum absolute atomic E-state index is 13.2. The van der Waals surface area contributed by atoms with Crippen LogP contribution in [0.1, 0.15) is 84.3 Å². The van der Waals surface area contributed by atoms with E-state index in [4.69, 9.17) is 4.74 Å². The van der Waals surface area contributed by atoms with Crippen LogP contribution in [-0.4, -0.2) is 45.3 Å². The normalized spacial score (nSPS) is 30.6. The van der Waals surface area contributed by atoms with Crippen LogP contribution in [0.4, 0.5) is 0 Å². The average Bonchev–Trinajstić information content (AvgIpc) is 3.18. The largest absolute Gasteiger partial charge is 0.457 e. The summed E-state index contributed by atoms with van der Waals surface area (Å²) in [4.78, 5) is 30.5. The van der Waals surface area contributed by atoms with Crippen LogP contribution in [0.5, 0.6) is 0 Å². The van der Waals surface area contributed by atoms with Gasteiger partial charge in [-0.3, -0.25) is 9.59 Å². The molecule has 0 fully saturated rings. The van der Waals surface area contributed by atoms with Gasteiger partial charge in [-0.05, 0) is 57.6 Å². The predicted molar refractivity (Wildman–Crippen MR) is 136 cm³/mol. The maximum Gasteiger partial charge on any atom is 0.309 e. The van der Waals surface area contributed by atoms with E-state index in [0.717, 1.165) is 35.5 Å². The monoisotopic (exact) mass is 491 g/mol. The number of thiazole rings is 1. The minimum Gasteiger partial charge on any atom is -0.457 e. The summed E-state index contributed by atoms with van der Waals surface area (Å²) in [5, 5.41) is 24.5. The summed E-state index contributed by atoms with van der Waals surface area (Å²) in [5.74, 6) is -1.49. The quantitative estimate of drug-likeness (QED) is 0.432. The van der Waals surface area contributed by atoms with Gasteiger partial charge in [0.1, 0.15) is 11.9 Å². The Morgan fingerprint density at radius 1 is 1.24 bits per heavy atom. The molecule has 0 amide bonds. The molecule has 5 atom stereocenters. The summed E-state index contributed by atoms with van der Waals surface area (Å²) in [5.41, 5.74) is 1.71. The summed E-state index contributed by atoms with van der Waals surface area (Å²) in [6.45, 7) is 12.8. The number of carbonyl (C=O) groups is 2. The molecule has 0 radical (unpaired) electrons. The summed E-state index contributed by atoms with van der Waals surface area (Å²) in [6.07, 6.45) is 4.33. The number of esters is 1. The lowest BCUT2D eigenvalue weighted by Gasteiger charge is -2.34. The number of ether oxygens (including phenoxy) is 1. The third-order valence-corrected chi connectivity index (χ3v) is 7.83. The number of aliphatic hydroxyl groups excluding tert-OH is 2. The lowest BCUT2D eigenvalue weighted by atomic mass is 9.73. The van der Waals surface area contributed by atoms with Crippen molar-refractivity contribution in [3.05, 3.63) is 33.3 Å². The van der Waals surface area contributed by atoms with Crippen molar-refractivity contribution in [1.82, 2.24) is 4.98 Å². The van der Waals surface area contributed by atoms with E-state index in [-0.39, 0.29) is 18.1 Å². The van der Waals surface area contributed by atoms with E-state index in [1.165, 1.54) is 5.57 Å². The van der Waals surface area contributed by atoms with Crippen LogP contribution in [0, 0.1) is 24.2 Å². The molecule has 0 bridgehead atoms. The molecule has 1 aromatic heterocycles. The number of aryl methyl sites for hydroxylation is 1. The highest BCUT2D eigenvalue weighted by atomic mass is 32.1. The molecule has 190 valence electrons. The zero-order chi connectivity index (χ0) is 25.6. The van der Waals surface area contributed by atoms with Crippen molar-refractivity contribution in [3.63, 3.8) is 0 Å². The Bertz CT molecular complexity index is 916. The van der Waals surface area contributed by atoms with Gasteiger partial charge in [0.2, 0.25) is 0 Å². The minimum absolute atomic E-state index is 0.0444. The molecule has 1 aliphatic rings. The number of aromatic nitrogens is 1. The second-order valence-corrected chi connectivity index (χ2v) is 11.5. The lowest BCUT2D eigenvalue weighted by molar-refractivity contribution is -0.154. The molecule has 2 N–H and O–H groups in total. The van der Waals surface area contributed by atoms with Crippen LogP contribution >= 0.6 is 11.3 Å². The van der Waals surface area contributed by atoms with Gasteiger partial charge in [0.05, 0.1) is 34.7 Å². The minimum atomic E-state index is -1.21. The zero-order valence-corrected chi connectivity index (χ0v) is 22.4. The summed E-state index contributed by atoms with van der Waals surface area (Å²) in [6, 6.07) is 0. The van der Waals surface area contributed by atoms with E-state index in [1.807, 2.05) is 32.2 Å². The summed E-state index contributed by atoms with van der Waals surface area (Å²) in [7, 11) is 0. The molecule has 34 heavy (non-hydrogen) atoms. The maximum atomic E-state index is 13.2. The second-order valence-electron chi connectivity index (χ2n) is 10.4. The van der Waals surface area contributed by atoms with Crippen molar-refractivity contribution in [2.24, 2.45) is 17.3 Å². The van der Waals surface area contributed by atoms with Gasteiger partial charge in [-0.25, -0.2) is 4.98 Å². The predicted octanol–water partition coefficient (Wildman–Crippen LogP) is 5.27. The smallest absolute Gasteiger partial charge is 0.309 e. The van der Waals surface area contributed by atoms with Gasteiger partial charge >= 0.3 is 5.97 Å². The van der Waals surface area contributed by atoms with E-state index in [9.17, 15) is 19.8 Å².